The molecular formula is C18H30Cl2N4O3. The van der Waals surface area contributed by atoms with Crippen molar-refractivity contribution in [3.63, 3.8) is 0 Å². The van der Waals surface area contributed by atoms with Gasteiger partial charge in [0.1, 0.15) is 0 Å². The van der Waals surface area contributed by atoms with Gasteiger partial charge in [-0.05, 0) is 37.7 Å². The molecule has 1 fully saturated rings. The Bertz CT molecular complexity index is 600. The van der Waals surface area contributed by atoms with Crippen LogP contribution in [0.4, 0.5) is 5.69 Å². The number of β-amino-alcohol motifs (C(OH)–C–C–N with tert-alkyl or cyclic N) is 1. The number of nitrogens with zero attached hydrogens (tertiary/aromatic N) is 1. The second kappa shape index (κ2) is 12.9. The Morgan fingerprint density at radius 1 is 1.26 bits per heavy atom. The number of carbonyl (C=O) groups excluding carboxylic acids is 2. The Labute approximate surface area is 173 Å². The summed E-state index contributed by atoms with van der Waals surface area (Å²) in [7, 11) is 0. The molecule has 0 aromatic heterocycles. The summed E-state index contributed by atoms with van der Waals surface area (Å²) in [5.41, 5.74) is 1.08. The average molecular weight is 421 g/mol. The number of aliphatic hydroxyl groups is 1. The second-order valence-corrected chi connectivity index (χ2v) is 6.20. The highest BCUT2D eigenvalue weighted by Crippen LogP contribution is 2.13. The number of hydrogen-bond acceptors (Lipinski definition) is 5. The van der Waals surface area contributed by atoms with E-state index in [9.17, 15) is 14.7 Å². The average Bonchev–Trinajstić information content (AvgIpc) is 3.05. The maximum atomic E-state index is 12.3. The predicted molar refractivity (Wildman–Crippen MR) is 112 cm³/mol. The SMILES string of the molecule is CCN(CC)CCNC(=O)c1cccc(NC(=O)C2CC(O)CN2)c1.Cl.Cl. The summed E-state index contributed by atoms with van der Waals surface area (Å²) >= 11 is 0. The first kappa shape index (κ1) is 25.6. The van der Waals surface area contributed by atoms with E-state index in [4.69, 9.17) is 0 Å². The smallest absolute Gasteiger partial charge is 0.251 e. The minimum atomic E-state index is -0.487. The van der Waals surface area contributed by atoms with Gasteiger partial charge in [0.15, 0.2) is 0 Å². The van der Waals surface area contributed by atoms with Gasteiger partial charge in [-0.3, -0.25) is 9.59 Å². The number of nitrogens with one attached hydrogen (secondary N) is 3. The van der Waals surface area contributed by atoms with E-state index < -0.39 is 12.1 Å². The van der Waals surface area contributed by atoms with Crippen LogP contribution >= 0.6 is 24.8 Å². The summed E-state index contributed by atoms with van der Waals surface area (Å²) in [5, 5.41) is 18.1. The number of carbonyl (C=O) groups is 2. The summed E-state index contributed by atoms with van der Waals surface area (Å²) in [4.78, 5) is 26.7. The molecule has 0 radical (unpaired) electrons. The van der Waals surface area contributed by atoms with Crippen LogP contribution in [0.5, 0.6) is 0 Å². The van der Waals surface area contributed by atoms with Crippen LogP contribution < -0.4 is 16.0 Å². The summed E-state index contributed by atoms with van der Waals surface area (Å²) in [6.45, 7) is 7.92. The van der Waals surface area contributed by atoms with Gasteiger partial charge in [0.05, 0.1) is 12.1 Å². The first-order valence-electron chi connectivity index (χ1n) is 8.86. The monoisotopic (exact) mass is 420 g/mol. The number of halogens is 2. The van der Waals surface area contributed by atoms with Gasteiger partial charge >= 0.3 is 0 Å². The van der Waals surface area contributed by atoms with Crippen molar-refractivity contribution in [1.29, 1.82) is 0 Å². The van der Waals surface area contributed by atoms with Crippen molar-refractivity contribution in [2.75, 3.05) is 38.0 Å². The van der Waals surface area contributed by atoms with Gasteiger partial charge < -0.3 is 26.0 Å². The van der Waals surface area contributed by atoms with Crippen molar-refractivity contribution in [3.8, 4) is 0 Å². The number of likely N-dealkylation sites (N-methyl/N-ethyl adjacent to an activating group) is 1. The molecule has 154 valence electrons. The number of amides is 2. The Kier molecular flexibility index (Phi) is 12.2. The number of benzene rings is 1. The summed E-state index contributed by atoms with van der Waals surface area (Å²) < 4.78 is 0. The molecular weight excluding hydrogens is 391 g/mol. The maximum absolute atomic E-state index is 12.3. The van der Waals surface area contributed by atoms with E-state index in [1.807, 2.05) is 0 Å². The lowest BCUT2D eigenvalue weighted by Gasteiger charge is -2.18. The highest BCUT2D eigenvalue weighted by atomic mass is 35.5. The fraction of sp³-hybridized carbons (Fsp3) is 0.556. The van der Waals surface area contributed by atoms with Crippen LogP contribution in [-0.4, -0.2) is 66.7 Å². The summed E-state index contributed by atoms with van der Waals surface area (Å²) in [5.74, 6) is -0.353. The lowest BCUT2D eigenvalue weighted by molar-refractivity contribution is -0.117. The van der Waals surface area contributed by atoms with Crippen LogP contribution in [-0.2, 0) is 4.79 Å². The Morgan fingerprint density at radius 2 is 1.96 bits per heavy atom. The lowest BCUT2D eigenvalue weighted by atomic mass is 10.1. The Hall–Kier alpha value is -1.38. The minimum absolute atomic E-state index is 0. The van der Waals surface area contributed by atoms with E-state index in [0.717, 1.165) is 19.6 Å². The molecule has 2 rings (SSSR count). The molecule has 2 unspecified atom stereocenters. The van der Waals surface area contributed by atoms with Crippen LogP contribution in [0.2, 0.25) is 0 Å². The van der Waals surface area contributed by atoms with E-state index in [1.165, 1.54) is 0 Å². The fourth-order valence-corrected chi connectivity index (χ4v) is 2.85. The minimum Gasteiger partial charge on any atom is -0.392 e. The molecule has 2 atom stereocenters. The van der Waals surface area contributed by atoms with E-state index in [0.29, 0.717) is 30.8 Å². The molecule has 0 aliphatic carbocycles. The second-order valence-electron chi connectivity index (χ2n) is 6.20. The molecule has 2 amide bonds. The maximum Gasteiger partial charge on any atom is 0.251 e. The van der Waals surface area contributed by atoms with E-state index in [-0.39, 0.29) is 36.6 Å². The van der Waals surface area contributed by atoms with Crippen LogP contribution in [0.1, 0.15) is 30.6 Å². The first-order valence-corrected chi connectivity index (χ1v) is 8.86. The zero-order chi connectivity index (χ0) is 18.2. The van der Waals surface area contributed by atoms with Crippen molar-refractivity contribution in [1.82, 2.24) is 15.5 Å². The normalized spacial score (nSPS) is 18.4. The number of rotatable bonds is 8. The third-order valence-electron chi connectivity index (χ3n) is 4.42. The number of aliphatic hydroxyl groups excluding tert-OH is 1. The van der Waals surface area contributed by atoms with E-state index in [2.05, 4.69) is 34.7 Å². The molecule has 1 aliphatic rings. The molecule has 7 nitrogen and oxygen atoms in total. The van der Waals surface area contributed by atoms with E-state index in [1.54, 1.807) is 24.3 Å². The molecule has 1 aromatic carbocycles. The van der Waals surface area contributed by atoms with Crippen LogP contribution in [0.25, 0.3) is 0 Å². The van der Waals surface area contributed by atoms with Crippen molar-refractivity contribution in [2.45, 2.75) is 32.4 Å². The van der Waals surface area contributed by atoms with Gasteiger partial charge in [0, 0.05) is 30.9 Å². The fourth-order valence-electron chi connectivity index (χ4n) is 2.85. The van der Waals surface area contributed by atoms with Gasteiger partial charge in [-0.15, -0.1) is 24.8 Å². The van der Waals surface area contributed by atoms with Gasteiger partial charge in [0.25, 0.3) is 5.91 Å². The lowest BCUT2D eigenvalue weighted by Crippen LogP contribution is -2.36. The Balaban J connectivity index is 0.00000338. The predicted octanol–water partition coefficient (Wildman–Crippen LogP) is 1.26. The third kappa shape index (κ3) is 8.02. The van der Waals surface area contributed by atoms with Crippen LogP contribution in [0.15, 0.2) is 24.3 Å². The van der Waals surface area contributed by atoms with Gasteiger partial charge in [-0.1, -0.05) is 19.9 Å². The van der Waals surface area contributed by atoms with Gasteiger partial charge in [-0.2, -0.15) is 0 Å². The standard InChI is InChI=1S/C18H28N4O3.2ClH/c1-3-22(4-2)9-8-19-17(24)13-6-5-7-14(10-13)21-18(25)16-11-15(23)12-20-16;;/h5-7,10,15-16,20,23H,3-4,8-9,11-12H2,1-2H3,(H,19,24)(H,21,25);2*1H. The van der Waals surface area contributed by atoms with Gasteiger partial charge in [-0.25, -0.2) is 0 Å². The highest BCUT2D eigenvalue weighted by Gasteiger charge is 2.28. The number of anilines is 1. The van der Waals surface area contributed by atoms with Crippen molar-refractivity contribution >= 4 is 42.3 Å². The van der Waals surface area contributed by atoms with Crippen molar-refractivity contribution in [3.05, 3.63) is 29.8 Å². The molecule has 1 aliphatic heterocycles. The summed E-state index contributed by atoms with van der Waals surface area (Å²) in [6, 6.07) is 6.47. The molecule has 1 aromatic rings. The molecule has 0 bridgehead atoms. The summed E-state index contributed by atoms with van der Waals surface area (Å²) in [6.07, 6.45) is -0.0872. The zero-order valence-corrected chi connectivity index (χ0v) is 17.4. The van der Waals surface area contributed by atoms with Crippen molar-refractivity contribution < 1.29 is 14.7 Å². The van der Waals surface area contributed by atoms with Gasteiger partial charge in [0.2, 0.25) is 5.91 Å². The number of hydrogen-bond donors (Lipinski definition) is 4. The molecule has 9 heteroatoms. The first-order chi connectivity index (χ1) is 12.0. The third-order valence-corrected chi connectivity index (χ3v) is 4.42. The zero-order valence-electron chi connectivity index (χ0n) is 15.7. The molecule has 0 spiro atoms. The van der Waals surface area contributed by atoms with Crippen LogP contribution in [0, 0.1) is 0 Å². The highest BCUT2D eigenvalue weighted by molar-refractivity contribution is 5.98. The largest absolute Gasteiger partial charge is 0.392 e. The van der Waals surface area contributed by atoms with Crippen molar-refractivity contribution in [2.24, 2.45) is 0 Å². The molecule has 27 heavy (non-hydrogen) atoms. The van der Waals surface area contributed by atoms with E-state index >= 15 is 0 Å². The molecule has 4 N–H and O–H groups in total. The Morgan fingerprint density at radius 3 is 2.56 bits per heavy atom. The topological polar surface area (TPSA) is 93.7 Å². The van der Waals surface area contributed by atoms with Crippen LogP contribution in [0.3, 0.4) is 0 Å². The molecule has 1 saturated heterocycles. The molecule has 1 heterocycles. The quantitative estimate of drug-likeness (QED) is 0.507. The molecule has 0 saturated carbocycles.